The third-order valence-electron chi connectivity index (χ3n) is 2.66. The Bertz CT molecular complexity index is 591. The van der Waals surface area contributed by atoms with E-state index in [9.17, 15) is 4.79 Å². The average Bonchev–Trinajstić information content (AvgIpc) is 2.36. The molecule has 0 spiro atoms. The van der Waals surface area contributed by atoms with Crippen molar-refractivity contribution in [3.8, 4) is 11.5 Å². The highest BCUT2D eigenvalue weighted by Crippen LogP contribution is 2.32. The second-order valence-corrected chi connectivity index (χ2v) is 5.03. The summed E-state index contributed by atoms with van der Waals surface area (Å²) < 4.78 is 6.63. The van der Waals surface area contributed by atoms with Crippen LogP contribution in [0, 0.1) is 13.8 Å². The molecular weight excluding hydrogens is 292 g/mol. The first-order valence-electron chi connectivity index (χ1n) is 5.60. The Labute approximate surface area is 115 Å². The number of hydrogen-bond donors (Lipinski definition) is 0. The van der Waals surface area contributed by atoms with Gasteiger partial charge >= 0.3 is 0 Å². The molecule has 0 aliphatic heterocycles. The molecule has 0 amide bonds. The molecule has 18 heavy (non-hydrogen) atoms. The van der Waals surface area contributed by atoms with Crippen molar-refractivity contribution >= 4 is 22.2 Å². The molecule has 0 aliphatic carbocycles. The second-order valence-electron chi connectivity index (χ2n) is 4.18. The smallest absolute Gasteiger partial charge is 0.150 e. The van der Waals surface area contributed by atoms with Gasteiger partial charge < -0.3 is 4.74 Å². The zero-order valence-corrected chi connectivity index (χ0v) is 11.8. The van der Waals surface area contributed by atoms with Crippen LogP contribution in [0.25, 0.3) is 0 Å². The number of ether oxygens (including phenoxy) is 1. The molecule has 2 rings (SSSR count). The minimum absolute atomic E-state index is 0.621. The Balaban J connectivity index is 2.34. The van der Waals surface area contributed by atoms with Crippen LogP contribution in [0.1, 0.15) is 21.5 Å². The fraction of sp³-hybridized carbons (Fsp3) is 0.133. The largest absolute Gasteiger partial charge is 0.456 e. The predicted octanol–water partition coefficient (Wildman–Crippen LogP) is 4.67. The van der Waals surface area contributed by atoms with E-state index in [4.69, 9.17) is 4.74 Å². The lowest BCUT2D eigenvalue weighted by Crippen LogP contribution is -1.90. The molecule has 0 radical (unpaired) electrons. The lowest BCUT2D eigenvalue weighted by Gasteiger charge is -2.11. The maximum Gasteiger partial charge on any atom is 0.150 e. The maximum atomic E-state index is 10.7. The Morgan fingerprint density at radius 3 is 2.50 bits per heavy atom. The van der Waals surface area contributed by atoms with E-state index in [-0.39, 0.29) is 0 Å². The van der Waals surface area contributed by atoms with Gasteiger partial charge in [0.25, 0.3) is 0 Å². The van der Waals surface area contributed by atoms with E-state index in [1.807, 2.05) is 32.0 Å². The van der Waals surface area contributed by atoms with Crippen LogP contribution in [0.4, 0.5) is 0 Å². The minimum atomic E-state index is 0.621. The third kappa shape index (κ3) is 2.79. The molecule has 0 bridgehead atoms. The van der Waals surface area contributed by atoms with Crippen molar-refractivity contribution in [3.05, 3.63) is 57.6 Å². The first-order valence-corrected chi connectivity index (χ1v) is 6.39. The van der Waals surface area contributed by atoms with Gasteiger partial charge in [-0.2, -0.15) is 0 Å². The van der Waals surface area contributed by atoms with Gasteiger partial charge in [0.15, 0.2) is 0 Å². The van der Waals surface area contributed by atoms with Crippen LogP contribution in [-0.4, -0.2) is 6.29 Å². The summed E-state index contributed by atoms with van der Waals surface area (Å²) in [6.07, 6.45) is 0.812. The number of hydrogen-bond acceptors (Lipinski definition) is 2. The molecule has 0 N–H and O–H groups in total. The van der Waals surface area contributed by atoms with Crippen molar-refractivity contribution in [2.24, 2.45) is 0 Å². The van der Waals surface area contributed by atoms with Crippen LogP contribution >= 0.6 is 15.9 Å². The molecule has 92 valence electrons. The van der Waals surface area contributed by atoms with Gasteiger partial charge in [-0.1, -0.05) is 12.1 Å². The van der Waals surface area contributed by atoms with Crippen molar-refractivity contribution in [1.82, 2.24) is 0 Å². The summed E-state index contributed by atoms with van der Waals surface area (Å²) in [4.78, 5) is 10.7. The number of carbonyl (C=O) groups is 1. The summed E-state index contributed by atoms with van der Waals surface area (Å²) in [5.41, 5.74) is 2.85. The lowest BCUT2D eigenvalue weighted by atomic mass is 10.1. The molecule has 0 aliphatic rings. The minimum Gasteiger partial charge on any atom is -0.456 e. The summed E-state index contributed by atoms with van der Waals surface area (Å²) in [6, 6.07) is 11.3. The summed E-state index contributed by atoms with van der Waals surface area (Å²) >= 11 is 3.40. The van der Waals surface area contributed by atoms with Gasteiger partial charge in [0.1, 0.15) is 17.8 Å². The van der Waals surface area contributed by atoms with Gasteiger partial charge in [0.05, 0.1) is 4.47 Å². The molecule has 2 aromatic rings. The van der Waals surface area contributed by atoms with Gasteiger partial charge in [0.2, 0.25) is 0 Å². The average molecular weight is 305 g/mol. The van der Waals surface area contributed by atoms with Crippen LogP contribution < -0.4 is 4.74 Å². The second kappa shape index (κ2) is 5.36. The molecule has 0 saturated heterocycles. The number of halogens is 1. The highest BCUT2D eigenvalue weighted by atomic mass is 79.9. The molecule has 0 atom stereocenters. The predicted molar refractivity (Wildman–Crippen MR) is 75.5 cm³/mol. The van der Waals surface area contributed by atoms with Crippen LogP contribution in [0.2, 0.25) is 0 Å². The van der Waals surface area contributed by atoms with E-state index in [2.05, 4.69) is 15.9 Å². The Hall–Kier alpha value is -1.61. The highest BCUT2D eigenvalue weighted by molar-refractivity contribution is 9.10. The van der Waals surface area contributed by atoms with Crippen LogP contribution in [0.5, 0.6) is 11.5 Å². The van der Waals surface area contributed by atoms with E-state index in [1.54, 1.807) is 18.2 Å². The van der Waals surface area contributed by atoms with Gasteiger partial charge in [-0.15, -0.1) is 0 Å². The number of aryl methyl sites for hydroxylation is 2. The molecular formula is C15H13BrO2. The van der Waals surface area contributed by atoms with Crippen LogP contribution in [0.15, 0.2) is 40.9 Å². The first-order chi connectivity index (χ1) is 8.60. The van der Waals surface area contributed by atoms with E-state index >= 15 is 0 Å². The van der Waals surface area contributed by atoms with Gasteiger partial charge in [0, 0.05) is 5.56 Å². The molecule has 2 nitrogen and oxygen atoms in total. The zero-order valence-electron chi connectivity index (χ0n) is 10.2. The van der Waals surface area contributed by atoms with E-state index in [1.165, 1.54) is 0 Å². The van der Waals surface area contributed by atoms with Crippen LogP contribution in [0.3, 0.4) is 0 Å². The lowest BCUT2D eigenvalue weighted by molar-refractivity contribution is 0.112. The topological polar surface area (TPSA) is 26.3 Å². The quantitative estimate of drug-likeness (QED) is 0.770. The summed E-state index contributed by atoms with van der Waals surface area (Å²) in [5, 5.41) is 0. The van der Waals surface area contributed by atoms with Crippen molar-refractivity contribution in [2.45, 2.75) is 13.8 Å². The standard InChI is InChI=1S/C15H13BrO2/c1-10-3-4-11(2)15(7-10)18-14-6-5-12(9-17)8-13(14)16/h3-9H,1-2H3. The monoisotopic (exact) mass is 304 g/mol. The molecule has 2 aromatic carbocycles. The van der Waals surface area contributed by atoms with E-state index in [0.717, 1.165) is 27.6 Å². The Morgan fingerprint density at radius 1 is 1.06 bits per heavy atom. The third-order valence-corrected chi connectivity index (χ3v) is 3.28. The number of carbonyl (C=O) groups excluding carboxylic acids is 1. The van der Waals surface area contributed by atoms with Crippen molar-refractivity contribution in [3.63, 3.8) is 0 Å². The van der Waals surface area contributed by atoms with Gasteiger partial charge in [-0.05, 0) is 65.2 Å². The highest BCUT2D eigenvalue weighted by Gasteiger charge is 2.06. The summed E-state index contributed by atoms with van der Waals surface area (Å²) in [5.74, 6) is 1.53. The number of benzene rings is 2. The van der Waals surface area contributed by atoms with Crippen molar-refractivity contribution in [1.29, 1.82) is 0 Å². The summed E-state index contributed by atoms with van der Waals surface area (Å²) in [6.45, 7) is 4.03. The van der Waals surface area contributed by atoms with Crippen molar-refractivity contribution < 1.29 is 9.53 Å². The fourth-order valence-corrected chi connectivity index (χ4v) is 2.09. The molecule has 0 fully saturated rings. The summed E-state index contributed by atoms with van der Waals surface area (Å²) in [7, 11) is 0. The Morgan fingerprint density at radius 2 is 1.83 bits per heavy atom. The number of rotatable bonds is 3. The van der Waals surface area contributed by atoms with E-state index < -0.39 is 0 Å². The van der Waals surface area contributed by atoms with Crippen molar-refractivity contribution in [2.75, 3.05) is 0 Å². The maximum absolute atomic E-state index is 10.7. The van der Waals surface area contributed by atoms with Gasteiger partial charge in [-0.25, -0.2) is 0 Å². The van der Waals surface area contributed by atoms with Gasteiger partial charge in [-0.3, -0.25) is 4.79 Å². The van der Waals surface area contributed by atoms with Crippen LogP contribution in [-0.2, 0) is 0 Å². The Kier molecular flexibility index (Phi) is 3.82. The molecule has 0 unspecified atom stereocenters. The SMILES string of the molecule is Cc1ccc(C)c(Oc2ccc(C=O)cc2Br)c1. The molecule has 0 aromatic heterocycles. The fourth-order valence-electron chi connectivity index (χ4n) is 1.61. The van der Waals surface area contributed by atoms with E-state index in [0.29, 0.717) is 11.3 Å². The number of aldehydes is 1. The molecule has 0 heterocycles. The normalized spacial score (nSPS) is 10.2. The zero-order chi connectivity index (χ0) is 13.1. The first kappa shape index (κ1) is 12.8. The molecule has 3 heteroatoms. The molecule has 0 saturated carbocycles.